The zero-order valence-electron chi connectivity index (χ0n) is 6.78. The van der Waals surface area contributed by atoms with Crippen molar-refractivity contribution in [3.8, 4) is 0 Å². The molecule has 0 aliphatic rings. The Morgan fingerprint density at radius 3 is 2.75 bits per heavy atom. The highest BCUT2D eigenvalue weighted by atomic mass is 32.2. The molecule has 0 saturated heterocycles. The maximum atomic E-state index is 11.1. The van der Waals surface area contributed by atoms with E-state index in [1.165, 1.54) is 11.8 Å². The Morgan fingerprint density at radius 1 is 1.50 bits per heavy atom. The number of hydrogen-bond acceptors (Lipinski definition) is 2. The van der Waals surface area contributed by atoms with E-state index in [4.69, 9.17) is 0 Å². The number of thioether (sulfide) groups is 1. The first-order valence-electron chi connectivity index (χ1n) is 3.63. The van der Waals surface area contributed by atoms with E-state index < -0.39 is 0 Å². The summed E-state index contributed by atoms with van der Waals surface area (Å²) in [7, 11) is 0. The molecule has 0 aromatic heterocycles. The van der Waals surface area contributed by atoms with Crippen LogP contribution in [0.2, 0.25) is 0 Å². The molecule has 0 saturated carbocycles. The first kappa shape index (κ1) is 9.07. The molecule has 1 aromatic carbocycles. The van der Waals surface area contributed by atoms with E-state index in [0.717, 1.165) is 4.90 Å². The van der Waals surface area contributed by atoms with Crippen LogP contribution < -0.4 is 0 Å². The van der Waals surface area contributed by atoms with Crippen molar-refractivity contribution in [1.29, 1.82) is 0 Å². The Kier molecular flexibility index (Phi) is 3.61. The lowest BCUT2D eigenvalue weighted by molar-refractivity contribution is -0.107. The van der Waals surface area contributed by atoms with Gasteiger partial charge in [-0.3, -0.25) is 4.79 Å². The molecule has 1 aromatic rings. The van der Waals surface area contributed by atoms with Crippen molar-refractivity contribution in [2.24, 2.45) is 0 Å². The molecule has 0 amide bonds. The van der Waals surface area contributed by atoms with Gasteiger partial charge in [0.05, 0.1) is 0 Å². The molecule has 2 heteroatoms. The van der Waals surface area contributed by atoms with Crippen molar-refractivity contribution >= 4 is 16.9 Å². The van der Waals surface area contributed by atoms with Crippen LogP contribution in [0.15, 0.2) is 41.3 Å². The highest BCUT2D eigenvalue weighted by Gasteiger charge is 1.97. The van der Waals surface area contributed by atoms with Crippen LogP contribution >= 0.6 is 11.8 Å². The molecule has 1 rings (SSSR count). The number of hydrogen-bond donors (Lipinski definition) is 0. The second-order valence-electron chi connectivity index (χ2n) is 2.16. The van der Waals surface area contributed by atoms with Gasteiger partial charge in [0, 0.05) is 4.90 Å². The van der Waals surface area contributed by atoms with E-state index in [-0.39, 0.29) is 5.12 Å². The maximum absolute atomic E-state index is 11.1. The monoisotopic (exact) mass is 177 g/mol. The summed E-state index contributed by atoms with van der Waals surface area (Å²) in [6.45, 7) is 1.83. The Labute approximate surface area is 76.5 Å². The van der Waals surface area contributed by atoms with Crippen LogP contribution in [0.4, 0.5) is 0 Å². The van der Waals surface area contributed by atoms with E-state index in [1.54, 1.807) is 24.3 Å². The summed E-state index contributed by atoms with van der Waals surface area (Å²) < 4.78 is 0. The van der Waals surface area contributed by atoms with Gasteiger partial charge >= 0.3 is 0 Å². The molecule has 0 N–H and O–H groups in total. The van der Waals surface area contributed by atoms with Crippen LogP contribution in [0.1, 0.15) is 6.92 Å². The average Bonchev–Trinajstić information content (AvgIpc) is 2.06. The smallest absolute Gasteiger partial charge is 0.216 e. The minimum atomic E-state index is 0.0590. The van der Waals surface area contributed by atoms with Gasteiger partial charge in [0.15, 0.2) is 0 Å². The lowest BCUT2D eigenvalue weighted by Crippen LogP contribution is -1.82. The van der Waals surface area contributed by atoms with E-state index in [0.29, 0.717) is 0 Å². The van der Waals surface area contributed by atoms with Crippen LogP contribution in [0.3, 0.4) is 0 Å². The predicted molar refractivity (Wildman–Crippen MR) is 51.0 cm³/mol. The molecule has 0 aliphatic heterocycles. The van der Waals surface area contributed by atoms with Crippen molar-refractivity contribution < 1.29 is 4.79 Å². The molecule has 0 spiro atoms. The second kappa shape index (κ2) is 4.78. The first-order chi connectivity index (χ1) is 5.83. The summed E-state index contributed by atoms with van der Waals surface area (Å²) in [4.78, 5) is 12.0. The van der Waals surface area contributed by atoms with Gasteiger partial charge in [-0.1, -0.05) is 18.2 Å². The lowest BCUT2D eigenvalue weighted by Gasteiger charge is -1.93. The fourth-order valence-corrected chi connectivity index (χ4v) is 1.43. The molecule has 61 valence electrons. The standard InChI is InChI=1S/C10H9OS/c1-2-6-10(11)12-9-7-4-3-5-8-9/h2,4-8H,1H3. The first-order valence-corrected chi connectivity index (χ1v) is 4.45. The van der Waals surface area contributed by atoms with Crippen LogP contribution in [0.25, 0.3) is 0 Å². The van der Waals surface area contributed by atoms with Gasteiger partial charge in [0.2, 0.25) is 5.12 Å². The Balaban J connectivity index is 2.59. The number of allylic oxidation sites excluding steroid dienone is 1. The summed E-state index contributed by atoms with van der Waals surface area (Å²) in [5.74, 6) is 0. The van der Waals surface area contributed by atoms with E-state index in [1.807, 2.05) is 19.1 Å². The molecule has 1 radical (unpaired) electrons. The molecule has 0 atom stereocenters. The van der Waals surface area contributed by atoms with Crippen molar-refractivity contribution in [3.63, 3.8) is 0 Å². The number of carbonyl (C=O) groups excluding carboxylic acids is 1. The van der Waals surface area contributed by atoms with Gasteiger partial charge in [0.1, 0.15) is 0 Å². The molecule has 12 heavy (non-hydrogen) atoms. The zero-order valence-corrected chi connectivity index (χ0v) is 7.60. The van der Waals surface area contributed by atoms with Crippen molar-refractivity contribution in [2.75, 3.05) is 0 Å². The van der Waals surface area contributed by atoms with Gasteiger partial charge in [-0.05, 0) is 43.0 Å². The topological polar surface area (TPSA) is 17.1 Å². The van der Waals surface area contributed by atoms with Crippen LogP contribution in [-0.2, 0) is 4.79 Å². The van der Waals surface area contributed by atoms with Gasteiger partial charge in [-0.15, -0.1) is 0 Å². The average molecular weight is 177 g/mol. The predicted octanol–water partition coefficient (Wildman–Crippen LogP) is 2.68. The summed E-state index contributed by atoms with van der Waals surface area (Å²) in [6, 6.07) is 10.2. The largest absolute Gasteiger partial charge is 0.282 e. The summed E-state index contributed by atoms with van der Waals surface area (Å²) in [5.41, 5.74) is 0. The SMILES string of the molecule is CC=CC(=O)Sc1cc[c]cc1. The fourth-order valence-electron chi connectivity index (χ4n) is 0.726. The molecule has 0 bridgehead atoms. The zero-order chi connectivity index (χ0) is 8.81. The Morgan fingerprint density at radius 2 is 2.17 bits per heavy atom. The molecular formula is C10H9OS. The van der Waals surface area contributed by atoms with Crippen LogP contribution in [0, 0.1) is 6.07 Å². The molecular weight excluding hydrogens is 168 g/mol. The Bertz CT molecular complexity index is 277. The summed E-state index contributed by atoms with van der Waals surface area (Å²) in [5, 5.41) is 0.0590. The summed E-state index contributed by atoms with van der Waals surface area (Å²) >= 11 is 1.22. The van der Waals surface area contributed by atoms with Gasteiger partial charge in [0.25, 0.3) is 0 Å². The molecule has 0 aliphatic carbocycles. The quantitative estimate of drug-likeness (QED) is 0.510. The van der Waals surface area contributed by atoms with E-state index in [9.17, 15) is 4.79 Å². The summed E-state index contributed by atoms with van der Waals surface area (Å²) in [6.07, 6.45) is 3.30. The Hall–Kier alpha value is -1.02. The molecule has 0 heterocycles. The normalized spacial score (nSPS) is 10.4. The minimum Gasteiger partial charge on any atom is -0.282 e. The third-order valence-electron chi connectivity index (χ3n) is 1.21. The van der Waals surface area contributed by atoms with Gasteiger partial charge < -0.3 is 0 Å². The van der Waals surface area contributed by atoms with E-state index in [2.05, 4.69) is 6.07 Å². The highest BCUT2D eigenvalue weighted by molar-refractivity contribution is 8.14. The van der Waals surface area contributed by atoms with Crippen molar-refractivity contribution in [2.45, 2.75) is 11.8 Å². The van der Waals surface area contributed by atoms with Crippen molar-refractivity contribution in [3.05, 3.63) is 42.5 Å². The molecule has 1 nitrogen and oxygen atoms in total. The van der Waals surface area contributed by atoms with E-state index >= 15 is 0 Å². The van der Waals surface area contributed by atoms with Crippen molar-refractivity contribution in [1.82, 2.24) is 0 Å². The number of rotatable bonds is 2. The van der Waals surface area contributed by atoms with Crippen LogP contribution in [-0.4, -0.2) is 5.12 Å². The highest BCUT2D eigenvalue weighted by Crippen LogP contribution is 2.17. The molecule has 0 unspecified atom stereocenters. The molecule has 0 fully saturated rings. The maximum Gasteiger partial charge on any atom is 0.216 e. The number of carbonyl (C=O) groups is 1. The van der Waals surface area contributed by atoms with Gasteiger partial charge in [-0.2, -0.15) is 0 Å². The fraction of sp³-hybridized carbons (Fsp3) is 0.100. The number of benzene rings is 1. The van der Waals surface area contributed by atoms with Crippen LogP contribution in [0.5, 0.6) is 0 Å². The third-order valence-corrected chi connectivity index (χ3v) is 2.05. The lowest BCUT2D eigenvalue weighted by atomic mass is 10.4. The third kappa shape index (κ3) is 2.93. The van der Waals surface area contributed by atoms with Gasteiger partial charge in [-0.25, -0.2) is 0 Å². The minimum absolute atomic E-state index is 0.0590. The second-order valence-corrected chi connectivity index (χ2v) is 3.23.